The van der Waals surface area contributed by atoms with E-state index in [1.165, 1.54) is 18.7 Å². The molecule has 0 bridgehead atoms. The highest BCUT2D eigenvalue weighted by Crippen LogP contribution is 2.36. The molecule has 3 aromatic rings. The quantitative estimate of drug-likeness (QED) is 0.493. The maximum Gasteiger partial charge on any atom is 0.451 e. The van der Waals surface area contributed by atoms with Gasteiger partial charge in [0.2, 0.25) is 11.8 Å². The molecule has 0 aromatic carbocycles. The molecule has 0 spiro atoms. The van der Waals surface area contributed by atoms with E-state index in [0.717, 1.165) is 27.6 Å². The van der Waals surface area contributed by atoms with Crippen LogP contribution >= 0.6 is 11.3 Å². The van der Waals surface area contributed by atoms with E-state index in [4.69, 9.17) is 9.97 Å². The Balaban J connectivity index is 1.45. The van der Waals surface area contributed by atoms with Gasteiger partial charge in [-0.15, -0.1) is 21.5 Å². The molecular weight excluding hydrogens is 509 g/mol. The van der Waals surface area contributed by atoms with Gasteiger partial charge in [0, 0.05) is 37.1 Å². The Hall–Kier alpha value is -3.00. The van der Waals surface area contributed by atoms with Crippen molar-refractivity contribution in [2.24, 2.45) is 0 Å². The lowest BCUT2D eigenvalue weighted by molar-refractivity contribution is -0.147. The summed E-state index contributed by atoms with van der Waals surface area (Å²) in [7, 11) is 0. The van der Waals surface area contributed by atoms with Crippen LogP contribution in [0.3, 0.4) is 0 Å². The Labute approximate surface area is 215 Å². The lowest BCUT2D eigenvalue weighted by Gasteiger charge is -2.30. The third-order valence-corrected chi connectivity index (χ3v) is 7.67. The van der Waals surface area contributed by atoms with Gasteiger partial charge in [0.1, 0.15) is 16.2 Å². The van der Waals surface area contributed by atoms with Crippen molar-refractivity contribution in [1.82, 2.24) is 30.0 Å². The summed E-state index contributed by atoms with van der Waals surface area (Å²) in [6.07, 6.45) is -2.01. The Morgan fingerprint density at radius 3 is 2.68 bits per heavy atom. The van der Waals surface area contributed by atoms with E-state index in [1.807, 2.05) is 9.80 Å². The van der Waals surface area contributed by atoms with Crippen molar-refractivity contribution < 1.29 is 23.1 Å². The van der Waals surface area contributed by atoms with E-state index >= 15 is 0 Å². The zero-order valence-electron chi connectivity index (χ0n) is 20.8. The van der Waals surface area contributed by atoms with Gasteiger partial charge >= 0.3 is 6.18 Å². The fraction of sp³-hybridized carbons (Fsp3) is 0.609. The Morgan fingerprint density at radius 2 is 1.97 bits per heavy atom. The van der Waals surface area contributed by atoms with E-state index in [0.29, 0.717) is 37.8 Å². The molecule has 0 aliphatic carbocycles. The van der Waals surface area contributed by atoms with Gasteiger partial charge in [-0.05, 0) is 32.8 Å². The highest BCUT2D eigenvalue weighted by molar-refractivity contribution is 7.18. The van der Waals surface area contributed by atoms with Crippen LogP contribution in [0.4, 0.5) is 24.9 Å². The Morgan fingerprint density at radius 1 is 1.19 bits per heavy atom. The number of alkyl halides is 3. The molecule has 37 heavy (non-hydrogen) atoms. The van der Waals surface area contributed by atoms with Gasteiger partial charge in [-0.3, -0.25) is 4.79 Å². The number of thiophene rings is 1. The van der Waals surface area contributed by atoms with Gasteiger partial charge in [-0.2, -0.15) is 18.2 Å². The fourth-order valence-corrected chi connectivity index (χ4v) is 5.79. The van der Waals surface area contributed by atoms with Crippen molar-refractivity contribution in [1.29, 1.82) is 0 Å². The number of amides is 1. The molecule has 0 saturated carbocycles. The minimum atomic E-state index is -4.56. The Kier molecular flexibility index (Phi) is 6.51. The molecule has 1 fully saturated rings. The summed E-state index contributed by atoms with van der Waals surface area (Å²) in [5.74, 6) is -0.00513. The number of carbonyl (C=O) groups excluding carboxylic acids is 1. The van der Waals surface area contributed by atoms with Crippen LogP contribution in [0.1, 0.15) is 50.1 Å². The molecule has 14 heteroatoms. The standard InChI is InChI=1S/C23H29F3N8O2S/c1-4-5-14-10-15-17(32-8-9-34-16(12-32)30-31-19(34)23(24,25)26)28-21(29-18(15)37-14)33-7-6-13(11-33)27-20(35)22(2,3)36/h10,13,36H,4-9,11-12H2,1-3H3,(H,27,35)/t13-/m0/s1. The molecule has 200 valence electrons. The zero-order valence-corrected chi connectivity index (χ0v) is 21.7. The minimum Gasteiger partial charge on any atom is -0.381 e. The number of hydrogen-bond acceptors (Lipinski definition) is 9. The molecule has 1 atom stereocenters. The van der Waals surface area contributed by atoms with E-state index in [1.54, 1.807) is 11.3 Å². The van der Waals surface area contributed by atoms with Crippen LogP contribution in [0.15, 0.2) is 6.07 Å². The predicted molar refractivity (Wildman–Crippen MR) is 133 cm³/mol. The SMILES string of the molecule is CCCc1cc2c(N3CCn4c(nnc4C(F)(F)F)C3)nc(N3CC[C@H](NC(=O)C(C)(C)O)C3)nc2s1. The number of fused-ring (bicyclic) bond motifs is 2. The second-order valence-electron chi connectivity index (χ2n) is 10.0. The van der Waals surface area contributed by atoms with Crippen LogP contribution < -0.4 is 15.1 Å². The van der Waals surface area contributed by atoms with Crippen molar-refractivity contribution in [3.8, 4) is 0 Å². The number of hydrogen-bond donors (Lipinski definition) is 2. The molecule has 3 aromatic heterocycles. The maximum absolute atomic E-state index is 13.3. The average Bonchev–Trinajstić information content (AvgIpc) is 3.54. The van der Waals surface area contributed by atoms with Crippen LogP contribution in [0.5, 0.6) is 0 Å². The lowest BCUT2D eigenvalue weighted by atomic mass is 10.1. The number of aliphatic hydroxyl groups is 1. The molecule has 2 N–H and O–H groups in total. The predicted octanol–water partition coefficient (Wildman–Crippen LogP) is 2.74. The van der Waals surface area contributed by atoms with Crippen molar-refractivity contribution in [2.45, 2.75) is 70.9 Å². The first kappa shape index (κ1) is 25.6. The summed E-state index contributed by atoms with van der Waals surface area (Å²) < 4.78 is 41.1. The summed E-state index contributed by atoms with van der Waals surface area (Å²) in [5, 5.41) is 20.9. The van der Waals surface area contributed by atoms with Gasteiger partial charge in [0.15, 0.2) is 5.82 Å². The monoisotopic (exact) mass is 538 g/mol. The summed E-state index contributed by atoms with van der Waals surface area (Å²) in [4.78, 5) is 27.8. The van der Waals surface area contributed by atoms with Crippen LogP contribution in [0, 0.1) is 0 Å². The number of rotatable bonds is 6. The van der Waals surface area contributed by atoms with Crippen LogP contribution in [-0.4, -0.2) is 67.0 Å². The number of anilines is 2. The van der Waals surface area contributed by atoms with E-state index in [2.05, 4.69) is 28.5 Å². The number of nitrogens with zero attached hydrogens (tertiary/aromatic N) is 7. The fourth-order valence-electron chi connectivity index (χ4n) is 4.67. The summed E-state index contributed by atoms with van der Waals surface area (Å²) in [6, 6.07) is 1.91. The van der Waals surface area contributed by atoms with Crippen LogP contribution in [0.2, 0.25) is 0 Å². The third-order valence-electron chi connectivity index (χ3n) is 6.58. The average molecular weight is 539 g/mol. The highest BCUT2D eigenvalue weighted by Gasteiger charge is 2.40. The minimum absolute atomic E-state index is 0.0960. The summed E-state index contributed by atoms with van der Waals surface area (Å²) in [6.45, 7) is 6.67. The van der Waals surface area contributed by atoms with Crippen LogP contribution in [0.25, 0.3) is 10.2 Å². The number of nitrogens with one attached hydrogen (secondary N) is 1. The highest BCUT2D eigenvalue weighted by atomic mass is 32.1. The van der Waals surface area contributed by atoms with E-state index in [9.17, 15) is 23.1 Å². The lowest BCUT2D eigenvalue weighted by Crippen LogP contribution is -2.47. The van der Waals surface area contributed by atoms with E-state index < -0.39 is 23.5 Å². The molecule has 5 rings (SSSR count). The first-order valence-corrected chi connectivity index (χ1v) is 13.1. The number of aromatic nitrogens is 5. The van der Waals surface area contributed by atoms with Gasteiger partial charge in [-0.1, -0.05) is 13.3 Å². The maximum atomic E-state index is 13.3. The zero-order chi connectivity index (χ0) is 26.5. The van der Waals surface area contributed by atoms with Gasteiger partial charge in [0.05, 0.1) is 11.9 Å². The second-order valence-corrected chi connectivity index (χ2v) is 11.1. The first-order chi connectivity index (χ1) is 17.4. The van der Waals surface area contributed by atoms with Gasteiger partial charge < -0.3 is 24.8 Å². The van der Waals surface area contributed by atoms with Crippen molar-refractivity contribution in [3.63, 3.8) is 0 Å². The number of halogens is 3. The largest absolute Gasteiger partial charge is 0.451 e. The molecule has 2 aliphatic heterocycles. The van der Waals surface area contributed by atoms with Gasteiger partial charge in [-0.25, -0.2) is 4.98 Å². The van der Waals surface area contributed by atoms with Crippen molar-refractivity contribution in [3.05, 3.63) is 22.6 Å². The first-order valence-electron chi connectivity index (χ1n) is 12.3. The number of carbonyl (C=O) groups is 1. The normalized spacial score (nSPS) is 18.5. The van der Waals surface area contributed by atoms with E-state index in [-0.39, 0.29) is 25.0 Å². The smallest absolute Gasteiger partial charge is 0.381 e. The van der Waals surface area contributed by atoms with Gasteiger partial charge in [0.25, 0.3) is 5.91 Å². The molecule has 2 aliphatic rings. The second kappa shape index (κ2) is 9.39. The molecule has 10 nitrogen and oxygen atoms in total. The van der Waals surface area contributed by atoms with Crippen molar-refractivity contribution >= 4 is 39.2 Å². The summed E-state index contributed by atoms with van der Waals surface area (Å²) in [5.41, 5.74) is -1.47. The third kappa shape index (κ3) is 5.08. The summed E-state index contributed by atoms with van der Waals surface area (Å²) >= 11 is 1.59. The number of aryl methyl sites for hydroxylation is 1. The topological polar surface area (TPSA) is 112 Å². The molecule has 1 amide bonds. The Bertz CT molecular complexity index is 1320. The molecular formula is C23H29F3N8O2S. The van der Waals surface area contributed by atoms with Crippen LogP contribution in [-0.2, 0) is 30.5 Å². The molecule has 0 unspecified atom stereocenters. The molecule has 5 heterocycles. The molecule has 1 saturated heterocycles. The molecule has 0 radical (unpaired) electrons. The van der Waals surface area contributed by atoms with Crippen molar-refractivity contribution in [2.75, 3.05) is 29.4 Å².